The highest BCUT2D eigenvalue weighted by atomic mass is 32.1. The van der Waals surface area contributed by atoms with Gasteiger partial charge in [0.1, 0.15) is 0 Å². The van der Waals surface area contributed by atoms with Gasteiger partial charge in [0, 0.05) is 17.8 Å². The van der Waals surface area contributed by atoms with Gasteiger partial charge in [-0.1, -0.05) is 0 Å². The summed E-state index contributed by atoms with van der Waals surface area (Å²) in [6.07, 6.45) is 3.73. The van der Waals surface area contributed by atoms with Gasteiger partial charge in [0.25, 0.3) is 0 Å². The fourth-order valence-corrected chi connectivity index (χ4v) is 2.70. The van der Waals surface area contributed by atoms with Gasteiger partial charge in [0.05, 0.1) is 18.7 Å². The third-order valence-corrected chi connectivity index (χ3v) is 3.94. The summed E-state index contributed by atoms with van der Waals surface area (Å²) in [6, 6.07) is 0.508. The highest BCUT2D eigenvalue weighted by molar-refractivity contribution is 7.13. The largest absolute Gasteiger partial charge is 0.466 e. The fourth-order valence-electron chi connectivity index (χ4n) is 1.86. The molecule has 1 aromatic rings. The summed E-state index contributed by atoms with van der Waals surface area (Å²) in [5.41, 5.74) is 0.971. The number of aryl methyl sites for hydroxylation is 1. The number of esters is 1. The predicted molar refractivity (Wildman–Crippen MR) is 72.9 cm³/mol. The maximum atomic E-state index is 11.2. The van der Waals surface area contributed by atoms with Crippen LogP contribution in [0.1, 0.15) is 38.8 Å². The predicted octanol–water partition coefficient (Wildman–Crippen LogP) is 2.85. The van der Waals surface area contributed by atoms with Crippen LogP contribution in [-0.2, 0) is 16.0 Å². The van der Waals surface area contributed by atoms with E-state index in [0.29, 0.717) is 25.5 Å². The van der Waals surface area contributed by atoms with Crippen LogP contribution < -0.4 is 5.32 Å². The van der Waals surface area contributed by atoms with Gasteiger partial charge in [-0.25, -0.2) is 4.98 Å². The molecular weight excluding hydrogens is 248 g/mol. The molecule has 2 rings (SSSR count). The minimum Gasteiger partial charge on any atom is -0.466 e. The van der Waals surface area contributed by atoms with Crippen LogP contribution in [0.15, 0.2) is 5.38 Å². The molecule has 100 valence electrons. The number of carbonyl (C=O) groups excluding carboxylic acids is 1. The van der Waals surface area contributed by atoms with Crippen molar-refractivity contribution in [3.8, 4) is 0 Å². The van der Waals surface area contributed by atoms with Gasteiger partial charge in [-0.2, -0.15) is 0 Å². The minimum absolute atomic E-state index is 0.147. The number of ether oxygens (including phenoxy) is 1. The van der Waals surface area contributed by atoms with Crippen molar-refractivity contribution in [2.24, 2.45) is 5.92 Å². The lowest BCUT2D eigenvalue weighted by atomic mass is 10.2. The van der Waals surface area contributed by atoms with E-state index in [-0.39, 0.29) is 5.97 Å². The summed E-state index contributed by atoms with van der Waals surface area (Å²) < 4.78 is 4.90. The third kappa shape index (κ3) is 3.98. The number of hydrogen-bond acceptors (Lipinski definition) is 5. The second-order valence-electron chi connectivity index (χ2n) is 4.72. The van der Waals surface area contributed by atoms with E-state index in [0.717, 1.165) is 16.7 Å². The van der Waals surface area contributed by atoms with Crippen LogP contribution in [0.4, 0.5) is 5.13 Å². The Morgan fingerprint density at radius 2 is 2.44 bits per heavy atom. The molecular formula is C13H20N2O2S. The molecule has 18 heavy (non-hydrogen) atoms. The third-order valence-electron chi connectivity index (χ3n) is 3.12. The first-order valence-corrected chi connectivity index (χ1v) is 7.43. The number of carbonyl (C=O) groups is 1. The molecule has 1 aliphatic rings. The second kappa shape index (κ2) is 6.18. The monoisotopic (exact) mass is 268 g/mol. The zero-order valence-electron chi connectivity index (χ0n) is 10.9. The number of aromatic nitrogens is 1. The van der Waals surface area contributed by atoms with Crippen molar-refractivity contribution in [3.63, 3.8) is 0 Å². The highest BCUT2D eigenvalue weighted by Gasteiger charge is 2.28. The van der Waals surface area contributed by atoms with Crippen LogP contribution >= 0.6 is 11.3 Å². The van der Waals surface area contributed by atoms with E-state index in [4.69, 9.17) is 4.74 Å². The van der Waals surface area contributed by atoms with Crippen LogP contribution in [0.3, 0.4) is 0 Å². The normalized spacial score (nSPS) is 16.3. The average molecular weight is 268 g/mol. The lowest BCUT2D eigenvalue weighted by Crippen LogP contribution is -2.17. The SMILES string of the molecule is CCOC(=O)CCc1csc(NC(C)C2CC2)n1. The molecule has 0 saturated heterocycles. The van der Waals surface area contributed by atoms with E-state index in [1.54, 1.807) is 11.3 Å². The van der Waals surface area contributed by atoms with Crippen LogP contribution in [0.2, 0.25) is 0 Å². The Bertz CT molecular complexity index is 401. The first-order chi connectivity index (χ1) is 8.69. The molecule has 1 unspecified atom stereocenters. The van der Waals surface area contributed by atoms with Crippen LogP contribution in [0.25, 0.3) is 0 Å². The van der Waals surface area contributed by atoms with E-state index in [1.165, 1.54) is 12.8 Å². The van der Waals surface area contributed by atoms with Gasteiger partial charge in [-0.15, -0.1) is 11.3 Å². The molecule has 1 atom stereocenters. The summed E-state index contributed by atoms with van der Waals surface area (Å²) in [5, 5.41) is 6.41. The van der Waals surface area contributed by atoms with Crippen LogP contribution in [-0.4, -0.2) is 23.6 Å². The Morgan fingerprint density at radius 1 is 1.67 bits per heavy atom. The van der Waals surface area contributed by atoms with Gasteiger partial charge in [0.15, 0.2) is 5.13 Å². The molecule has 0 radical (unpaired) electrons. The molecule has 0 bridgehead atoms. The molecule has 0 aromatic carbocycles. The lowest BCUT2D eigenvalue weighted by Gasteiger charge is -2.10. The van der Waals surface area contributed by atoms with Crippen LogP contribution in [0, 0.1) is 5.92 Å². The molecule has 1 N–H and O–H groups in total. The summed E-state index contributed by atoms with van der Waals surface area (Å²) in [4.78, 5) is 15.7. The molecule has 4 nitrogen and oxygen atoms in total. The van der Waals surface area contributed by atoms with Crippen molar-refractivity contribution in [2.75, 3.05) is 11.9 Å². The number of thiazole rings is 1. The average Bonchev–Trinajstić information content (AvgIpc) is 3.10. The van der Waals surface area contributed by atoms with E-state index >= 15 is 0 Å². The van der Waals surface area contributed by atoms with E-state index in [9.17, 15) is 4.79 Å². The summed E-state index contributed by atoms with van der Waals surface area (Å²) >= 11 is 1.61. The van der Waals surface area contributed by atoms with E-state index in [2.05, 4.69) is 17.2 Å². The number of nitrogens with zero attached hydrogens (tertiary/aromatic N) is 1. The van der Waals surface area contributed by atoms with Crippen molar-refractivity contribution in [2.45, 2.75) is 45.6 Å². The maximum absolute atomic E-state index is 11.2. The Labute approximate surface area is 112 Å². The molecule has 5 heteroatoms. The van der Waals surface area contributed by atoms with Gasteiger partial charge in [-0.05, 0) is 32.6 Å². The summed E-state index contributed by atoms with van der Waals surface area (Å²) in [6.45, 7) is 4.47. The Balaban J connectivity index is 1.76. The Morgan fingerprint density at radius 3 is 3.11 bits per heavy atom. The van der Waals surface area contributed by atoms with Gasteiger partial charge >= 0.3 is 5.97 Å². The second-order valence-corrected chi connectivity index (χ2v) is 5.58. The highest BCUT2D eigenvalue weighted by Crippen LogP contribution is 2.34. The summed E-state index contributed by atoms with van der Waals surface area (Å²) in [5.74, 6) is 0.670. The smallest absolute Gasteiger partial charge is 0.306 e. The van der Waals surface area contributed by atoms with Gasteiger partial charge in [-0.3, -0.25) is 4.79 Å². The number of nitrogens with one attached hydrogen (secondary N) is 1. The first kappa shape index (κ1) is 13.3. The van der Waals surface area contributed by atoms with Crippen molar-refractivity contribution >= 4 is 22.4 Å². The molecule has 1 fully saturated rings. The standard InChI is InChI=1S/C13H20N2O2S/c1-3-17-12(16)7-6-11-8-18-13(15-11)14-9(2)10-4-5-10/h8-10H,3-7H2,1-2H3,(H,14,15). The zero-order valence-corrected chi connectivity index (χ0v) is 11.8. The van der Waals surface area contributed by atoms with E-state index in [1.807, 2.05) is 12.3 Å². The molecule has 0 aliphatic heterocycles. The van der Waals surface area contributed by atoms with Crippen LogP contribution in [0.5, 0.6) is 0 Å². The molecule has 1 saturated carbocycles. The first-order valence-electron chi connectivity index (χ1n) is 6.55. The quantitative estimate of drug-likeness (QED) is 0.773. The molecule has 0 spiro atoms. The van der Waals surface area contributed by atoms with Crippen molar-refractivity contribution < 1.29 is 9.53 Å². The maximum Gasteiger partial charge on any atom is 0.306 e. The van der Waals surface area contributed by atoms with Crippen molar-refractivity contribution in [1.82, 2.24) is 4.98 Å². The van der Waals surface area contributed by atoms with E-state index < -0.39 is 0 Å². The number of anilines is 1. The fraction of sp³-hybridized carbons (Fsp3) is 0.692. The van der Waals surface area contributed by atoms with Gasteiger partial charge < -0.3 is 10.1 Å². The Kier molecular flexibility index (Phi) is 4.58. The Hall–Kier alpha value is -1.10. The summed E-state index contributed by atoms with van der Waals surface area (Å²) in [7, 11) is 0. The molecule has 1 aliphatic carbocycles. The molecule has 0 amide bonds. The minimum atomic E-state index is -0.147. The molecule has 1 aromatic heterocycles. The van der Waals surface area contributed by atoms with Crippen molar-refractivity contribution in [1.29, 1.82) is 0 Å². The number of hydrogen-bond donors (Lipinski definition) is 1. The van der Waals surface area contributed by atoms with Gasteiger partial charge in [0.2, 0.25) is 0 Å². The number of rotatable bonds is 7. The zero-order chi connectivity index (χ0) is 13.0. The molecule has 1 heterocycles. The topological polar surface area (TPSA) is 51.2 Å². The lowest BCUT2D eigenvalue weighted by molar-refractivity contribution is -0.143. The van der Waals surface area contributed by atoms with Crippen molar-refractivity contribution in [3.05, 3.63) is 11.1 Å².